The van der Waals surface area contributed by atoms with Gasteiger partial charge < -0.3 is 9.84 Å². The molecule has 0 radical (unpaired) electrons. The summed E-state index contributed by atoms with van der Waals surface area (Å²) in [6.07, 6.45) is 3.93. The maximum atomic E-state index is 5.23. The molecule has 2 aliphatic rings. The lowest BCUT2D eigenvalue weighted by molar-refractivity contribution is 0.176. The Bertz CT molecular complexity index is 415. The Kier molecular flexibility index (Phi) is 3.11. The Morgan fingerprint density at radius 1 is 1.50 bits per heavy atom. The van der Waals surface area contributed by atoms with E-state index in [2.05, 4.69) is 27.3 Å². The second-order valence-electron chi connectivity index (χ2n) is 5.92. The van der Waals surface area contributed by atoms with Gasteiger partial charge in [-0.2, -0.15) is 4.98 Å². The lowest BCUT2D eigenvalue weighted by Gasteiger charge is -2.33. The number of rotatable bonds is 3. The fourth-order valence-corrected chi connectivity index (χ4v) is 3.00. The third-order valence-corrected chi connectivity index (χ3v) is 4.14. The van der Waals surface area contributed by atoms with Crippen LogP contribution in [-0.2, 0) is 6.54 Å². The SMILES string of the molecule is Cc1noc(CN2CCCNC(C)(C3CC3)C2)n1. The van der Waals surface area contributed by atoms with E-state index in [0.29, 0.717) is 0 Å². The molecule has 1 saturated carbocycles. The lowest BCUT2D eigenvalue weighted by atomic mass is 9.95. The normalized spacial score (nSPS) is 30.3. The first-order valence-corrected chi connectivity index (χ1v) is 6.92. The largest absolute Gasteiger partial charge is 0.338 e. The van der Waals surface area contributed by atoms with Crippen LogP contribution in [0.4, 0.5) is 0 Å². The van der Waals surface area contributed by atoms with Crippen LogP contribution in [0.3, 0.4) is 0 Å². The van der Waals surface area contributed by atoms with Crippen molar-refractivity contribution in [1.29, 1.82) is 0 Å². The van der Waals surface area contributed by atoms with Crippen LogP contribution in [0.15, 0.2) is 4.52 Å². The summed E-state index contributed by atoms with van der Waals surface area (Å²) < 4.78 is 5.23. The summed E-state index contributed by atoms with van der Waals surface area (Å²) >= 11 is 0. The Morgan fingerprint density at radius 2 is 2.33 bits per heavy atom. The van der Waals surface area contributed by atoms with E-state index >= 15 is 0 Å². The topological polar surface area (TPSA) is 54.2 Å². The van der Waals surface area contributed by atoms with Crippen LogP contribution in [0.5, 0.6) is 0 Å². The third-order valence-electron chi connectivity index (χ3n) is 4.14. The average molecular weight is 250 g/mol. The van der Waals surface area contributed by atoms with Crippen LogP contribution in [0.2, 0.25) is 0 Å². The zero-order valence-electron chi connectivity index (χ0n) is 11.3. The molecule has 0 amide bonds. The molecule has 2 heterocycles. The summed E-state index contributed by atoms with van der Waals surface area (Å²) in [6, 6.07) is 0. The fraction of sp³-hybridized carbons (Fsp3) is 0.846. The van der Waals surface area contributed by atoms with Crippen LogP contribution >= 0.6 is 0 Å². The van der Waals surface area contributed by atoms with E-state index in [4.69, 9.17) is 4.52 Å². The van der Waals surface area contributed by atoms with Crippen LogP contribution in [0, 0.1) is 12.8 Å². The Morgan fingerprint density at radius 3 is 3.00 bits per heavy atom. The minimum atomic E-state index is 0.269. The maximum absolute atomic E-state index is 5.23. The number of aryl methyl sites for hydroxylation is 1. The van der Waals surface area contributed by atoms with Crippen molar-refractivity contribution in [3.05, 3.63) is 11.7 Å². The molecule has 5 nitrogen and oxygen atoms in total. The first-order valence-electron chi connectivity index (χ1n) is 6.92. The van der Waals surface area contributed by atoms with Crippen molar-refractivity contribution in [3.8, 4) is 0 Å². The predicted molar refractivity (Wildman–Crippen MR) is 68.1 cm³/mol. The lowest BCUT2D eigenvalue weighted by Crippen LogP contribution is -2.50. The van der Waals surface area contributed by atoms with E-state index in [0.717, 1.165) is 43.8 Å². The Balaban J connectivity index is 1.67. The van der Waals surface area contributed by atoms with Crippen molar-refractivity contribution in [2.24, 2.45) is 5.92 Å². The van der Waals surface area contributed by atoms with Gasteiger partial charge in [-0.25, -0.2) is 0 Å². The highest BCUT2D eigenvalue weighted by molar-refractivity contribution is 5.01. The smallest absolute Gasteiger partial charge is 0.240 e. The van der Waals surface area contributed by atoms with Crippen LogP contribution in [0.25, 0.3) is 0 Å². The molecule has 18 heavy (non-hydrogen) atoms. The molecule has 1 unspecified atom stereocenters. The number of hydrogen-bond donors (Lipinski definition) is 1. The summed E-state index contributed by atoms with van der Waals surface area (Å²) in [6.45, 7) is 8.32. The standard InChI is InChI=1S/C13H22N4O/c1-10-15-12(18-16-10)8-17-7-3-6-14-13(2,9-17)11-4-5-11/h11,14H,3-9H2,1-2H3. The second-order valence-corrected chi connectivity index (χ2v) is 5.92. The van der Waals surface area contributed by atoms with Crippen molar-refractivity contribution in [1.82, 2.24) is 20.4 Å². The Labute approximate surface area is 108 Å². The molecule has 1 atom stereocenters. The first-order chi connectivity index (χ1) is 8.66. The van der Waals surface area contributed by atoms with Crippen molar-refractivity contribution < 1.29 is 4.52 Å². The summed E-state index contributed by atoms with van der Waals surface area (Å²) in [4.78, 5) is 6.75. The molecular formula is C13H22N4O. The van der Waals surface area contributed by atoms with Crippen LogP contribution in [0.1, 0.15) is 37.9 Å². The maximum Gasteiger partial charge on any atom is 0.240 e. The molecule has 1 N–H and O–H groups in total. The van der Waals surface area contributed by atoms with Gasteiger partial charge in [-0.15, -0.1) is 0 Å². The molecule has 1 aromatic heterocycles. The molecule has 3 rings (SSSR count). The predicted octanol–water partition coefficient (Wildman–Crippen LogP) is 1.34. The highest BCUT2D eigenvalue weighted by Crippen LogP contribution is 2.40. The quantitative estimate of drug-likeness (QED) is 0.877. The van der Waals surface area contributed by atoms with Gasteiger partial charge in [-0.05, 0) is 52.1 Å². The molecule has 1 aliphatic heterocycles. The van der Waals surface area contributed by atoms with E-state index in [1.165, 1.54) is 19.3 Å². The van der Waals surface area contributed by atoms with Crippen molar-refractivity contribution in [2.75, 3.05) is 19.6 Å². The highest BCUT2D eigenvalue weighted by Gasteiger charge is 2.43. The molecule has 0 aromatic carbocycles. The van der Waals surface area contributed by atoms with Crippen LogP contribution in [-0.4, -0.2) is 40.2 Å². The van der Waals surface area contributed by atoms with Crippen LogP contribution < -0.4 is 5.32 Å². The third kappa shape index (κ3) is 2.57. The minimum Gasteiger partial charge on any atom is -0.338 e. The number of aromatic nitrogens is 2. The summed E-state index contributed by atoms with van der Waals surface area (Å²) in [5.74, 6) is 2.32. The van der Waals surface area contributed by atoms with Gasteiger partial charge in [0.2, 0.25) is 5.89 Å². The summed E-state index contributed by atoms with van der Waals surface area (Å²) in [5.41, 5.74) is 0.269. The van der Waals surface area contributed by atoms with Gasteiger partial charge >= 0.3 is 0 Å². The van der Waals surface area contributed by atoms with Gasteiger partial charge in [0.1, 0.15) is 0 Å². The molecule has 1 aliphatic carbocycles. The van der Waals surface area contributed by atoms with Crippen molar-refractivity contribution in [2.45, 2.75) is 45.2 Å². The molecule has 0 bridgehead atoms. The molecule has 2 fully saturated rings. The van der Waals surface area contributed by atoms with Gasteiger partial charge in [-0.1, -0.05) is 5.16 Å². The molecule has 100 valence electrons. The van der Waals surface area contributed by atoms with E-state index in [-0.39, 0.29) is 5.54 Å². The van der Waals surface area contributed by atoms with Gasteiger partial charge in [-0.3, -0.25) is 4.90 Å². The fourth-order valence-electron chi connectivity index (χ4n) is 3.00. The van der Waals surface area contributed by atoms with Gasteiger partial charge in [0.25, 0.3) is 0 Å². The number of hydrogen-bond acceptors (Lipinski definition) is 5. The van der Waals surface area contributed by atoms with Gasteiger partial charge in [0.15, 0.2) is 5.82 Å². The summed E-state index contributed by atoms with van der Waals surface area (Å²) in [7, 11) is 0. The zero-order valence-corrected chi connectivity index (χ0v) is 11.3. The van der Waals surface area contributed by atoms with E-state index in [1.54, 1.807) is 0 Å². The van der Waals surface area contributed by atoms with E-state index < -0.39 is 0 Å². The minimum absolute atomic E-state index is 0.269. The Hall–Kier alpha value is -0.940. The molecule has 1 aromatic rings. The molecular weight excluding hydrogens is 228 g/mol. The summed E-state index contributed by atoms with van der Waals surface area (Å²) in [5, 5.41) is 7.59. The van der Waals surface area contributed by atoms with E-state index in [1.807, 2.05) is 6.92 Å². The molecule has 0 spiro atoms. The number of nitrogens with one attached hydrogen (secondary N) is 1. The van der Waals surface area contributed by atoms with Crippen molar-refractivity contribution >= 4 is 0 Å². The van der Waals surface area contributed by atoms with E-state index in [9.17, 15) is 0 Å². The molecule has 5 heteroatoms. The first kappa shape index (κ1) is 12.1. The second kappa shape index (κ2) is 4.63. The van der Waals surface area contributed by atoms with Crippen molar-refractivity contribution in [3.63, 3.8) is 0 Å². The molecule has 1 saturated heterocycles. The average Bonchev–Trinajstić information content (AvgIpc) is 3.11. The monoisotopic (exact) mass is 250 g/mol. The zero-order chi connectivity index (χ0) is 12.6. The number of nitrogens with zero attached hydrogens (tertiary/aromatic N) is 3. The highest BCUT2D eigenvalue weighted by atomic mass is 16.5. The van der Waals surface area contributed by atoms with Gasteiger partial charge in [0, 0.05) is 12.1 Å². The van der Waals surface area contributed by atoms with Gasteiger partial charge in [0.05, 0.1) is 6.54 Å².